The zero-order chi connectivity index (χ0) is 22.7. The van der Waals surface area contributed by atoms with E-state index in [1.807, 2.05) is 24.3 Å². The molecule has 0 aromatic heterocycles. The van der Waals surface area contributed by atoms with Crippen molar-refractivity contribution in [3.63, 3.8) is 0 Å². The van der Waals surface area contributed by atoms with E-state index in [2.05, 4.69) is 34.9 Å². The van der Waals surface area contributed by atoms with Crippen LogP contribution < -0.4 is 10.6 Å². The van der Waals surface area contributed by atoms with Crippen LogP contribution in [0.1, 0.15) is 49.7 Å². The summed E-state index contributed by atoms with van der Waals surface area (Å²) >= 11 is 0. The minimum absolute atomic E-state index is 0.0259. The molecule has 0 saturated heterocycles. The maximum absolute atomic E-state index is 12.4. The first-order valence-electron chi connectivity index (χ1n) is 11.1. The Morgan fingerprint density at radius 3 is 2.28 bits per heavy atom. The van der Waals surface area contributed by atoms with Crippen molar-refractivity contribution in [2.45, 2.75) is 50.6 Å². The zero-order valence-corrected chi connectivity index (χ0v) is 18.0. The van der Waals surface area contributed by atoms with E-state index in [9.17, 15) is 19.5 Å². The fourth-order valence-corrected chi connectivity index (χ4v) is 4.86. The van der Waals surface area contributed by atoms with Crippen LogP contribution in [0.2, 0.25) is 0 Å². The van der Waals surface area contributed by atoms with Crippen LogP contribution in [0.4, 0.5) is 4.79 Å². The van der Waals surface area contributed by atoms with Crippen LogP contribution in [0.3, 0.4) is 0 Å². The van der Waals surface area contributed by atoms with Gasteiger partial charge in [-0.1, -0.05) is 55.0 Å². The van der Waals surface area contributed by atoms with E-state index in [0.717, 1.165) is 28.7 Å². The van der Waals surface area contributed by atoms with Crippen LogP contribution in [0.15, 0.2) is 48.5 Å². The quantitative estimate of drug-likeness (QED) is 0.614. The summed E-state index contributed by atoms with van der Waals surface area (Å²) in [6.07, 6.45) is 1.52. The minimum atomic E-state index is -0.877. The van der Waals surface area contributed by atoms with Gasteiger partial charge in [0.1, 0.15) is 6.61 Å². The maximum Gasteiger partial charge on any atom is 0.407 e. The lowest BCUT2D eigenvalue weighted by atomic mass is 9.98. The number of alkyl carbamates (subject to hydrolysis) is 1. The summed E-state index contributed by atoms with van der Waals surface area (Å²) in [5.74, 6) is -1.71. The average Bonchev–Trinajstić information content (AvgIpc) is 3.34. The second-order valence-corrected chi connectivity index (χ2v) is 8.62. The first-order valence-corrected chi connectivity index (χ1v) is 11.1. The Hall–Kier alpha value is -3.35. The highest BCUT2D eigenvalue weighted by atomic mass is 16.5. The summed E-state index contributed by atoms with van der Waals surface area (Å²) in [4.78, 5) is 35.9. The highest BCUT2D eigenvalue weighted by molar-refractivity contribution is 5.80. The smallest absolute Gasteiger partial charge is 0.407 e. The molecule has 7 nitrogen and oxygen atoms in total. The zero-order valence-electron chi connectivity index (χ0n) is 18.0. The van der Waals surface area contributed by atoms with Crippen LogP contribution in [0, 0.1) is 5.92 Å². The number of rotatable bonds is 7. The number of hydrogen-bond donors (Lipinski definition) is 3. The van der Waals surface area contributed by atoms with Crippen molar-refractivity contribution in [1.29, 1.82) is 0 Å². The Morgan fingerprint density at radius 2 is 1.66 bits per heavy atom. The molecule has 1 saturated carbocycles. The van der Waals surface area contributed by atoms with Crippen molar-refractivity contribution in [1.82, 2.24) is 10.6 Å². The Morgan fingerprint density at radius 1 is 1.03 bits per heavy atom. The molecule has 4 rings (SSSR count). The molecule has 2 aromatic rings. The summed E-state index contributed by atoms with van der Waals surface area (Å²) in [6, 6.07) is 15.5. The van der Waals surface area contributed by atoms with Gasteiger partial charge in [-0.2, -0.15) is 0 Å². The summed E-state index contributed by atoms with van der Waals surface area (Å²) in [7, 11) is 0. The molecule has 2 amide bonds. The molecule has 0 bridgehead atoms. The van der Waals surface area contributed by atoms with Gasteiger partial charge in [-0.25, -0.2) is 4.79 Å². The third-order valence-corrected chi connectivity index (χ3v) is 6.38. The van der Waals surface area contributed by atoms with E-state index in [4.69, 9.17) is 4.74 Å². The van der Waals surface area contributed by atoms with E-state index in [-0.39, 0.29) is 30.9 Å². The van der Waals surface area contributed by atoms with Crippen LogP contribution in [0.5, 0.6) is 0 Å². The van der Waals surface area contributed by atoms with Gasteiger partial charge in [-0.05, 0) is 42.0 Å². The van der Waals surface area contributed by atoms with E-state index < -0.39 is 24.0 Å². The number of nitrogens with one attached hydrogen (secondary N) is 2. The van der Waals surface area contributed by atoms with Gasteiger partial charge < -0.3 is 20.5 Å². The van der Waals surface area contributed by atoms with Crippen molar-refractivity contribution in [3.05, 3.63) is 59.7 Å². The number of carboxylic acid groups (broad SMARTS) is 1. The molecule has 168 valence electrons. The number of fused-ring (bicyclic) bond motifs is 3. The highest BCUT2D eigenvalue weighted by Gasteiger charge is 2.34. The lowest BCUT2D eigenvalue weighted by Gasteiger charge is -2.20. The number of carboxylic acids is 1. The number of ether oxygens (including phenoxy) is 1. The predicted molar refractivity (Wildman–Crippen MR) is 119 cm³/mol. The predicted octanol–water partition coefficient (Wildman–Crippen LogP) is 3.67. The number of hydrogen-bond acceptors (Lipinski definition) is 4. The number of carbonyl (C=O) groups excluding carboxylic acids is 2. The summed E-state index contributed by atoms with van der Waals surface area (Å²) < 4.78 is 5.51. The van der Waals surface area contributed by atoms with E-state index in [0.29, 0.717) is 12.8 Å². The molecule has 32 heavy (non-hydrogen) atoms. The fourth-order valence-electron chi connectivity index (χ4n) is 4.86. The molecule has 3 N–H and O–H groups in total. The van der Waals surface area contributed by atoms with Crippen molar-refractivity contribution in [3.8, 4) is 11.1 Å². The van der Waals surface area contributed by atoms with Crippen molar-refractivity contribution in [2.75, 3.05) is 6.61 Å². The standard InChI is InChI=1S/C25H28N2O5/c1-15(13-23(28)27-22-12-6-11-20(22)24(29)30)26-25(31)32-14-21-18-9-4-2-7-16(18)17-8-3-5-10-19(17)21/h2-5,7-10,15,20-22H,6,11-14H2,1H3,(H,26,31)(H,27,28)(H,29,30)/t15-,20?,22?/m1/s1. The molecular formula is C25H28N2O5. The van der Waals surface area contributed by atoms with Crippen molar-refractivity contribution >= 4 is 18.0 Å². The minimum Gasteiger partial charge on any atom is -0.481 e. The Kier molecular flexibility index (Phi) is 6.44. The second-order valence-electron chi connectivity index (χ2n) is 8.62. The van der Waals surface area contributed by atoms with E-state index >= 15 is 0 Å². The van der Waals surface area contributed by atoms with Gasteiger partial charge in [0.2, 0.25) is 5.91 Å². The van der Waals surface area contributed by atoms with Gasteiger partial charge in [0.05, 0.1) is 5.92 Å². The largest absolute Gasteiger partial charge is 0.481 e. The normalized spacial score (nSPS) is 20.2. The van der Waals surface area contributed by atoms with Gasteiger partial charge >= 0.3 is 12.1 Å². The molecule has 0 aliphatic heterocycles. The molecule has 1 fully saturated rings. The first-order chi connectivity index (χ1) is 15.4. The highest BCUT2D eigenvalue weighted by Crippen LogP contribution is 2.44. The second kappa shape index (κ2) is 9.42. The van der Waals surface area contributed by atoms with Crippen LogP contribution in [-0.4, -0.2) is 41.8 Å². The number of carbonyl (C=O) groups is 3. The van der Waals surface area contributed by atoms with Gasteiger partial charge in [0.15, 0.2) is 0 Å². The Balaban J connectivity index is 1.28. The van der Waals surface area contributed by atoms with Crippen LogP contribution in [-0.2, 0) is 14.3 Å². The molecule has 2 unspecified atom stereocenters. The summed E-state index contributed by atoms with van der Waals surface area (Å²) in [6.45, 7) is 1.94. The Labute approximate surface area is 187 Å². The third-order valence-electron chi connectivity index (χ3n) is 6.38. The molecule has 2 aromatic carbocycles. The molecule has 0 radical (unpaired) electrons. The average molecular weight is 437 g/mol. The maximum atomic E-state index is 12.4. The van der Waals surface area contributed by atoms with E-state index in [1.54, 1.807) is 6.92 Å². The van der Waals surface area contributed by atoms with Crippen LogP contribution in [0.25, 0.3) is 11.1 Å². The summed E-state index contributed by atoms with van der Waals surface area (Å²) in [5.41, 5.74) is 4.60. The molecule has 3 atom stereocenters. The third kappa shape index (κ3) is 4.61. The SMILES string of the molecule is C[C@H](CC(=O)NC1CCCC1C(=O)O)NC(=O)OCC1c2ccccc2-c2ccccc21. The lowest BCUT2D eigenvalue weighted by molar-refractivity contribution is -0.142. The van der Waals surface area contributed by atoms with E-state index in [1.165, 1.54) is 0 Å². The first kappa shape index (κ1) is 21.9. The molecule has 0 heterocycles. The molecule has 2 aliphatic rings. The Bertz CT molecular complexity index is 975. The molecular weight excluding hydrogens is 408 g/mol. The van der Waals surface area contributed by atoms with Gasteiger partial charge in [0.25, 0.3) is 0 Å². The van der Waals surface area contributed by atoms with Crippen molar-refractivity contribution < 1.29 is 24.2 Å². The molecule has 0 spiro atoms. The number of benzene rings is 2. The topological polar surface area (TPSA) is 105 Å². The monoisotopic (exact) mass is 436 g/mol. The number of amides is 2. The van der Waals surface area contributed by atoms with Crippen molar-refractivity contribution in [2.24, 2.45) is 5.92 Å². The fraction of sp³-hybridized carbons (Fsp3) is 0.400. The van der Waals surface area contributed by atoms with Gasteiger partial charge in [-0.15, -0.1) is 0 Å². The number of aliphatic carboxylic acids is 1. The summed E-state index contributed by atoms with van der Waals surface area (Å²) in [5, 5.41) is 14.7. The van der Waals surface area contributed by atoms with Gasteiger partial charge in [0, 0.05) is 24.4 Å². The molecule has 2 aliphatic carbocycles. The van der Waals surface area contributed by atoms with Crippen LogP contribution >= 0.6 is 0 Å². The molecule has 7 heteroatoms. The van der Waals surface area contributed by atoms with Gasteiger partial charge in [-0.3, -0.25) is 9.59 Å². The lowest BCUT2D eigenvalue weighted by Crippen LogP contribution is -2.43.